The van der Waals surface area contributed by atoms with Crippen LogP contribution in [-0.2, 0) is 13.0 Å². The minimum absolute atomic E-state index is 0.758. The Kier molecular flexibility index (Phi) is 3.26. The number of imidazole rings is 1. The molecule has 1 heterocycles. The normalized spacial score (nSPS) is 11.1. The Hall–Kier alpha value is -1.80. The Morgan fingerprint density at radius 3 is 2.63 bits per heavy atom. The van der Waals surface area contributed by atoms with E-state index in [-0.39, 0.29) is 0 Å². The van der Waals surface area contributed by atoms with E-state index in [0.29, 0.717) is 0 Å². The molecule has 0 amide bonds. The summed E-state index contributed by atoms with van der Waals surface area (Å²) < 4.78 is 2.23. The Morgan fingerprint density at radius 1 is 1.11 bits per heavy atom. The number of halogens is 1. The van der Waals surface area contributed by atoms with Crippen LogP contribution in [0.4, 0.5) is 0 Å². The topological polar surface area (TPSA) is 17.8 Å². The average Bonchev–Trinajstić information content (AvgIpc) is 2.76. The van der Waals surface area contributed by atoms with E-state index < -0.39 is 0 Å². The largest absolute Gasteiger partial charge is 0.328 e. The van der Waals surface area contributed by atoms with Crippen molar-refractivity contribution in [3.8, 4) is 0 Å². The predicted molar refractivity (Wildman–Crippen MR) is 79.7 cm³/mol. The van der Waals surface area contributed by atoms with Crippen LogP contribution in [0.1, 0.15) is 18.3 Å². The number of hydrogen-bond acceptors (Lipinski definition) is 1. The summed E-state index contributed by atoms with van der Waals surface area (Å²) in [5.74, 6) is 1.09. The van der Waals surface area contributed by atoms with E-state index in [1.165, 1.54) is 5.56 Å². The highest BCUT2D eigenvalue weighted by Gasteiger charge is 2.10. The first-order valence-corrected chi connectivity index (χ1v) is 6.84. The van der Waals surface area contributed by atoms with E-state index in [1.54, 1.807) is 0 Å². The zero-order chi connectivity index (χ0) is 13.2. The van der Waals surface area contributed by atoms with Crippen molar-refractivity contribution < 1.29 is 0 Å². The van der Waals surface area contributed by atoms with Crippen molar-refractivity contribution in [2.45, 2.75) is 19.9 Å². The van der Waals surface area contributed by atoms with Gasteiger partial charge < -0.3 is 4.57 Å². The lowest BCUT2D eigenvalue weighted by atomic mass is 10.1. The van der Waals surface area contributed by atoms with Crippen molar-refractivity contribution >= 4 is 22.6 Å². The van der Waals surface area contributed by atoms with Gasteiger partial charge in [-0.3, -0.25) is 0 Å². The zero-order valence-corrected chi connectivity index (χ0v) is 11.6. The number of rotatable bonds is 3. The molecule has 0 aliphatic carbocycles. The van der Waals surface area contributed by atoms with Crippen LogP contribution in [0.5, 0.6) is 0 Å². The lowest BCUT2D eigenvalue weighted by Crippen LogP contribution is -2.02. The van der Waals surface area contributed by atoms with Crippen molar-refractivity contribution in [3.05, 3.63) is 64.9 Å². The van der Waals surface area contributed by atoms with Gasteiger partial charge in [-0.1, -0.05) is 41.9 Å². The predicted octanol–water partition coefficient (Wildman–Crippen LogP) is 4.30. The van der Waals surface area contributed by atoms with Crippen LogP contribution >= 0.6 is 11.6 Å². The smallest absolute Gasteiger partial charge is 0.114 e. The molecular formula is C16H15ClN2. The Balaban J connectivity index is 2.08. The molecule has 0 saturated carbocycles. The quantitative estimate of drug-likeness (QED) is 0.694. The SMILES string of the molecule is CCn1c(Cc2ccccc2)nc2ccc(Cl)cc21. The first-order chi connectivity index (χ1) is 9.28. The summed E-state index contributed by atoms with van der Waals surface area (Å²) in [5, 5.41) is 0.758. The summed E-state index contributed by atoms with van der Waals surface area (Å²) >= 11 is 6.08. The molecule has 96 valence electrons. The first kappa shape index (κ1) is 12.2. The zero-order valence-electron chi connectivity index (χ0n) is 10.8. The molecule has 0 N–H and O–H groups in total. The molecule has 3 rings (SSSR count). The van der Waals surface area contributed by atoms with Gasteiger partial charge in [0.1, 0.15) is 5.82 Å². The van der Waals surface area contributed by atoms with Crippen LogP contribution in [0.3, 0.4) is 0 Å². The second kappa shape index (κ2) is 5.06. The Labute approximate surface area is 117 Å². The van der Waals surface area contributed by atoms with Gasteiger partial charge in [-0.2, -0.15) is 0 Å². The van der Waals surface area contributed by atoms with E-state index in [1.807, 2.05) is 24.3 Å². The van der Waals surface area contributed by atoms with Crippen molar-refractivity contribution in [1.82, 2.24) is 9.55 Å². The van der Waals surface area contributed by atoms with Gasteiger partial charge in [0.2, 0.25) is 0 Å². The van der Waals surface area contributed by atoms with Crippen LogP contribution in [-0.4, -0.2) is 9.55 Å². The van der Waals surface area contributed by atoms with Crippen LogP contribution in [0.2, 0.25) is 5.02 Å². The van der Waals surface area contributed by atoms with E-state index in [2.05, 4.69) is 35.8 Å². The summed E-state index contributed by atoms with van der Waals surface area (Å²) in [5.41, 5.74) is 3.40. The van der Waals surface area contributed by atoms with Gasteiger partial charge in [-0.25, -0.2) is 4.98 Å². The standard InChI is InChI=1S/C16H15ClN2/c1-2-19-15-11-13(17)8-9-14(15)18-16(19)10-12-6-4-3-5-7-12/h3-9,11H,2,10H2,1H3. The highest BCUT2D eigenvalue weighted by atomic mass is 35.5. The minimum atomic E-state index is 0.758. The summed E-state index contributed by atoms with van der Waals surface area (Å²) in [7, 11) is 0. The second-order valence-electron chi connectivity index (χ2n) is 4.57. The third kappa shape index (κ3) is 2.36. The average molecular weight is 271 g/mol. The second-order valence-corrected chi connectivity index (χ2v) is 5.00. The van der Waals surface area contributed by atoms with Crippen LogP contribution in [0.15, 0.2) is 48.5 Å². The molecular weight excluding hydrogens is 256 g/mol. The summed E-state index contributed by atoms with van der Waals surface area (Å²) in [4.78, 5) is 4.72. The number of nitrogens with zero attached hydrogens (tertiary/aromatic N) is 2. The van der Waals surface area contributed by atoms with Crippen molar-refractivity contribution in [2.24, 2.45) is 0 Å². The third-order valence-electron chi connectivity index (χ3n) is 3.31. The highest BCUT2D eigenvalue weighted by molar-refractivity contribution is 6.31. The number of hydrogen-bond donors (Lipinski definition) is 0. The maximum absolute atomic E-state index is 6.08. The molecule has 0 atom stereocenters. The van der Waals surface area contributed by atoms with Crippen LogP contribution in [0.25, 0.3) is 11.0 Å². The fraction of sp³-hybridized carbons (Fsp3) is 0.188. The molecule has 0 saturated heterocycles. The lowest BCUT2D eigenvalue weighted by molar-refractivity contribution is 0.733. The van der Waals surface area contributed by atoms with Gasteiger partial charge in [0, 0.05) is 18.0 Å². The number of aryl methyl sites for hydroxylation is 1. The molecule has 2 nitrogen and oxygen atoms in total. The van der Waals surface area contributed by atoms with Gasteiger partial charge in [-0.15, -0.1) is 0 Å². The van der Waals surface area contributed by atoms with E-state index in [0.717, 1.165) is 34.8 Å². The van der Waals surface area contributed by atoms with Crippen molar-refractivity contribution in [3.63, 3.8) is 0 Å². The number of aromatic nitrogens is 2. The monoisotopic (exact) mass is 270 g/mol. The van der Waals surface area contributed by atoms with Crippen LogP contribution < -0.4 is 0 Å². The van der Waals surface area contributed by atoms with E-state index in [9.17, 15) is 0 Å². The van der Waals surface area contributed by atoms with Gasteiger partial charge >= 0.3 is 0 Å². The third-order valence-corrected chi connectivity index (χ3v) is 3.55. The maximum Gasteiger partial charge on any atom is 0.114 e. The number of benzene rings is 2. The van der Waals surface area contributed by atoms with Crippen LogP contribution in [0, 0.1) is 0 Å². The molecule has 3 aromatic rings. The summed E-state index contributed by atoms with van der Waals surface area (Å²) in [6, 6.07) is 16.3. The van der Waals surface area contributed by atoms with Gasteiger partial charge in [-0.05, 0) is 30.7 Å². The van der Waals surface area contributed by atoms with E-state index in [4.69, 9.17) is 16.6 Å². The molecule has 0 fully saturated rings. The molecule has 2 aromatic carbocycles. The van der Waals surface area contributed by atoms with E-state index >= 15 is 0 Å². The van der Waals surface area contributed by atoms with Crippen molar-refractivity contribution in [1.29, 1.82) is 0 Å². The minimum Gasteiger partial charge on any atom is -0.328 e. The fourth-order valence-corrected chi connectivity index (χ4v) is 2.58. The summed E-state index contributed by atoms with van der Waals surface area (Å²) in [6.07, 6.45) is 0.848. The number of fused-ring (bicyclic) bond motifs is 1. The summed E-state index contributed by atoms with van der Waals surface area (Å²) in [6.45, 7) is 3.04. The van der Waals surface area contributed by atoms with Gasteiger partial charge in [0.25, 0.3) is 0 Å². The fourth-order valence-electron chi connectivity index (χ4n) is 2.41. The molecule has 0 spiro atoms. The van der Waals surface area contributed by atoms with Gasteiger partial charge in [0.05, 0.1) is 11.0 Å². The molecule has 3 heteroatoms. The first-order valence-electron chi connectivity index (χ1n) is 6.46. The molecule has 0 radical (unpaired) electrons. The van der Waals surface area contributed by atoms with Crippen molar-refractivity contribution in [2.75, 3.05) is 0 Å². The molecule has 19 heavy (non-hydrogen) atoms. The maximum atomic E-state index is 6.08. The molecule has 1 aromatic heterocycles. The lowest BCUT2D eigenvalue weighted by Gasteiger charge is -2.06. The molecule has 0 unspecified atom stereocenters. The highest BCUT2D eigenvalue weighted by Crippen LogP contribution is 2.22. The molecule has 0 bridgehead atoms. The van der Waals surface area contributed by atoms with Gasteiger partial charge in [0.15, 0.2) is 0 Å². The molecule has 0 aliphatic heterocycles. The molecule has 0 aliphatic rings. The Morgan fingerprint density at radius 2 is 1.89 bits per heavy atom. The Bertz CT molecular complexity index is 701.